The van der Waals surface area contributed by atoms with E-state index in [0.29, 0.717) is 23.4 Å². The van der Waals surface area contributed by atoms with Crippen LogP contribution in [0, 0.1) is 5.92 Å². The Labute approximate surface area is 638 Å². The smallest absolute Gasteiger partial charge is 0.164 e. The lowest BCUT2D eigenvalue weighted by atomic mass is 9.68. The zero-order chi connectivity index (χ0) is 72.9. The molecule has 21 rings (SSSR count). The Kier molecular flexibility index (Phi) is 14.9. The van der Waals surface area contributed by atoms with Crippen molar-refractivity contribution in [1.29, 1.82) is 0 Å². The van der Waals surface area contributed by atoms with Gasteiger partial charge in [-0.15, -0.1) is 0 Å². The number of allylic oxidation sites excluding steroid dienone is 18. The number of hydrogen-bond donors (Lipinski definition) is 0. The molecule has 8 aliphatic carbocycles. The Morgan fingerprint density at radius 1 is 0.330 bits per heavy atom. The first-order chi connectivity index (χ1) is 53.4. The van der Waals surface area contributed by atoms with Gasteiger partial charge in [0.2, 0.25) is 0 Å². The highest BCUT2D eigenvalue weighted by Crippen LogP contribution is 2.64. The van der Waals surface area contributed by atoms with Gasteiger partial charge in [-0.1, -0.05) is 308 Å². The molecule has 0 amide bonds. The van der Waals surface area contributed by atoms with Gasteiger partial charge in [-0.3, -0.25) is 0 Å². The summed E-state index contributed by atoms with van der Waals surface area (Å²) in [5.74, 6) is 3.34. The normalized spacial score (nSPS) is 17.6. The summed E-state index contributed by atoms with van der Waals surface area (Å²) in [6, 6.07) is 94.3. The van der Waals surface area contributed by atoms with Crippen molar-refractivity contribution in [3.05, 3.63) is 388 Å². The van der Waals surface area contributed by atoms with Crippen molar-refractivity contribution >= 4 is 33.1 Å². The molecule has 520 valence electrons. The first kappa shape index (κ1) is 64.8. The second kappa shape index (κ2) is 25.0. The lowest BCUT2D eigenvalue weighted by Crippen LogP contribution is -2.27. The minimum atomic E-state index is -0.584. The third-order valence-corrected chi connectivity index (χ3v) is 25.0. The first-order valence-electron chi connectivity index (χ1n) is 38.9. The van der Waals surface area contributed by atoms with Gasteiger partial charge in [0, 0.05) is 38.6 Å². The molecule has 11 aromatic carbocycles. The summed E-state index contributed by atoms with van der Waals surface area (Å²) in [5.41, 5.74) is 38.9. The average molecular weight is 1400 g/mol. The van der Waals surface area contributed by atoms with Crippen molar-refractivity contribution < 1.29 is 0 Å². The molecule has 8 aliphatic rings. The van der Waals surface area contributed by atoms with Gasteiger partial charge in [0.05, 0.1) is 16.8 Å². The molecule has 0 aliphatic heterocycles. The van der Waals surface area contributed by atoms with Crippen LogP contribution < -0.4 is 0 Å². The minimum Gasteiger partial charge on any atom is -0.228 e. The molecule has 1 unspecified atom stereocenters. The Morgan fingerprint density at radius 2 is 0.853 bits per heavy atom. The van der Waals surface area contributed by atoms with E-state index >= 15 is 0 Å². The van der Waals surface area contributed by atoms with Crippen LogP contribution in [0.15, 0.2) is 337 Å². The number of fused-ring (bicyclic) bond motifs is 14. The predicted octanol–water partition coefficient (Wildman–Crippen LogP) is 26.0. The summed E-state index contributed by atoms with van der Waals surface area (Å²) in [7, 11) is 0. The van der Waals surface area contributed by atoms with E-state index in [9.17, 15) is 0 Å². The molecule has 0 radical (unpaired) electrons. The Morgan fingerprint density at radius 3 is 1.52 bits per heavy atom. The van der Waals surface area contributed by atoms with Crippen molar-refractivity contribution in [3.63, 3.8) is 0 Å². The fourth-order valence-electron chi connectivity index (χ4n) is 19.4. The maximum atomic E-state index is 5.54. The molecule has 0 N–H and O–H groups in total. The fourth-order valence-corrected chi connectivity index (χ4v) is 19.4. The SMILES string of the molecule is CC1C=CC2=C(C1)c1ccc(-c3ccc(-c4nc(C5=CC=CCC5)nc(-c5ccc(-c6ccc7c(c6)C(C)(C)C6=C7CCC(C7=CC8=C(CC=C7)c7ccc(-c9cc(-c%10ccc(-c%11ccccc%11)cc%10)nc(-c%10ccc%11ccccc%11c%10)n9)cc7C87c8ccccc8-c8ccccc87)=C6)cc5)n4)cc3)cc1C2(C)C. The van der Waals surface area contributed by atoms with Crippen LogP contribution >= 0.6 is 0 Å². The third-order valence-electron chi connectivity index (χ3n) is 25.0. The van der Waals surface area contributed by atoms with E-state index in [2.05, 4.69) is 344 Å². The molecule has 2 heterocycles. The number of benzene rings is 11. The van der Waals surface area contributed by atoms with Gasteiger partial charge < -0.3 is 0 Å². The Balaban J connectivity index is 0.599. The van der Waals surface area contributed by atoms with Gasteiger partial charge in [0.25, 0.3) is 0 Å². The average Bonchev–Trinajstić information content (AvgIpc) is 1.51. The van der Waals surface area contributed by atoms with Crippen molar-refractivity contribution in [2.24, 2.45) is 5.92 Å². The van der Waals surface area contributed by atoms with E-state index in [0.717, 1.165) is 100 Å². The predicted molar refractivity (Wildman–Crippen MR) is 450 cm³/mol. The van der Waals surface area contributed by atoms with Crippen molar-refractivity contribution in [1.82, 2.24) is 24.9 Å². The molecule has 109 heavy (non-hydrogen) atoms. The van der Waals surface area contributed by atoms with Crippen LogP contribution in [0.5, 0.6) is 0 Å². The third kappa shape index (κ3) is 10.4. The highest BCUT2D eigenvalue weighted by atomic mass is 15.0. The summed E-state index contributed by atoms with van der Waals surface area (Å²) in [5, 5.41) is 2.35. The molecule has 2 aromatic heterocycles. The topological polar surface area (TPSA) is 64.5 Å². The van der Waals surface area contributed by atoms with Gasteiger partial charge in [-0.25, -0.2) is 24.9 Å². The zero-order valence-electron chi connectivity index (χ0n) is 62.0. The van der Waals surface area contributed by atoms with Gasteiger partial charge in [0.1, 0.15) is 0 Å². The number of aromatic nitrogens is 5. The summed E-state index contributed by atoms with van der Waals surface area (Å²) >= 11 is 0. The molecule has 13 aromatic rings. The van der Waals surface area contributed by atoms with Crippen LogP contribution in [0.2, 0.25) is 0 Å². The molecular weight excluding hydrogens is 1320 g/mol. The molecular formula is C104H79N5. The summed E-state index contributed by atoms with van der Waals surface area (Å²) in [6.45, 7) is 12.0. The maximum Gasteiger partial charge on any atom is 0.164 e. The van der Waals surface area contributed by atoms with Gasteiger partial charge in [-0.05, 0) is 231 Å². The van der Waals surface area contributed by atoms with Crippen LogP contribution in [0.1, 0.15) is 123 Å². The van der Waals surface area contributed by atoms with Crippen LogP contribution in [-0.2, 0) is 16.2 Å². The van der Waals surface area contributed by atoms with Crippen LogP contribution in [0.3, 0.4) is 0 Å². The highest BCUT2D eigenvalue weighted by molar-refractivity contribution is 5.98. The van der Waals surface area contributed by atoms with Crippen molar-refractivity contribution in [3.8, 4) is 101 Å². The number of rotatable bonds is 10. The Hall–Kier alpha value is -12.6. The van der Waals surface area contributed by atoms with Crippen LogP contribution in [-0.4, -0.2) is 24.9 Å². The number of hydrogen-bond acceptors (Lipinski definition) is 5. The lowest BCUT2D eigenvalue weighted by Gasteiger charge is -2.32. The van der Waals surface area contributed by atoms with Gasteiger partial charge in [-0.2, -0.15) is 0 Å². The van der Waals surface area contributed by atoms with E-state index in [1.54, 1.807) is 0 Å². The first-order valence-corrected chi connectivity index (χ1v) is 38.9. The quantitative estimate of drug-likeness (QED) is 0.137. The van der Waals surface area contributed by atoms with Crippen molar-refractivity contribution in [2.45, 2.75) is 89.4 Å². The largest absolute Gasteiger partial charge is 0.228 e. The van der Waals surface area contributed by atoms with E-state index in [1.165, 1.54) is 133 Å². The Bertz CT molecular complexity index is 6330. The summed E-state index contributed by atoms with van der Waals surface area (Å²) < 4.78 is 0. The van der Waals surface area contributed by atoms with Crippen LogP contribution in [0.25, 0.3) is 134 Å². The monoisotopic (exact) mass is 1400 g/mol. The van der Waals surface area contributed by atoms with E-state index in [1.807, 2.05) is 0 Å². The molecule has 1 atom stereocenters. The minimum absolute atomic E-state index is 0.0331. The van der Waals surface area contributed by atoms with E-state index in [4.69, 9.17) is 24.9 Å². The molecule has 0 fully saturated rings. The number of nitrogens with zero attached hydrogens (tertiary/aromatic N) is 5. The molecule has 0 saturated carbocycles. The van der Waals surface area contributed by atoms with Crippen molar-refractivity contribution in [2.75, 3.05) is 0 Å². The van der Waals surface area contributed by atoms with E-state index in [-0.39, 0.29) is 10.8 Å². The van der Waals surface area contributed by atoms with E-state index < -0.39 is 5.41 Å². The molecule has 1 spiro atoms. The standard InChI is InChI=1S/C104H79N5/c1-63-31-54-88-87(55-63)86-52-47-76(58-93(86)102(88,2)3)68-36-43-72(44-37-68)100-108-98(70-22-10-7-11-23-70)107-99(109-100)71-41-34-67(35-42-71)75-46-50-83-84-51-48-77(59-92(84)103(4,5)91(83)57-75)74-25-18-28-82-85-53-49-78(61-95(85)104(94(82)60-74)89-29-16-14-26-80(89)81-27-15-17-30-90(81)104)97-62-96(69-39-32-66(33-40-69)64-19-8-6-9-20-64)105-101(106-97)79-45-38-65-21-12-13-24-73(65)56-79/h6-10,12-22,24-27,29-47,49-50,52-54,56-63H,11,23,28,48,51,55H2,1-5H3. The van der Waals surface area contributed by atoms with Crippen LogP contribution in [0.4, 0.5) is 0 Å². The molecule has 5 nitrogen and oxygen atoms in total. The second-order valence-corrected chi connectivity index (χ2v) is 32.1. The fraction of sp³-hybridized carbons (Fsp3) is 0.144. The summed E-state index contributed by atoms with van der Waals surface area (Å²) in [4.78, 5) is 26.6. The maximum absolute atomic E-state index is 5.54. The molecule has 0 saturated heterocycles. The second-order valence-electron chi connectivity index (χ2n) is 32.1. The summed E-state index contributed by atoms with van der Waals surface area (Å²) in [6.07, 6.45) is 27.0. The van der Waals surface area contributed by atoms with Gasteiger partial charge >= 0.3 is 0 Å². The van der Waals surface area contributed by atoms with Gasteiger partial charge in [0.15, 0.2) is 23.3 Å². The molecule has 0 bridgehead atoms. The highest BCUT2D eigenvalue weighted by Gasteiger charge is 2.53. The molecule has 5 heteroatoms. The zero-order valence-corrected chi connectivity index (χ0v) is 62.0. The lowest BCUT2D eigenvalue weighted by molar-refractivity contribution is 0.643.